The number of rotatable bonds is 3. The van der Waals surface area contributed by atoms with Crippen molar-refractivity contribution < 1.29 is 13.9 Å². The molecule has 0 N–H and O–H groups in total. The van der Waals surface area contributed by atoms with E-state index in [0.717, 1.165) is 0 Å². The normalized spacial score (nSPS) is 10.3. The zero-order valence-electron chi connectivity index (χ0n) is 9.80. The number of pyridine rings is 1. The Morgan fingerprint density at radius 1 is 1.50 bits per heavy atom. The van der Waals surface area contributed by atoms with Gasteiger partial charge >= 0.3 is 11.6 Å². The van der Waals surface area contributed by atoms with Gasteiger partial charge in [-0.05, 0) is 13.0 Å². The Bertz CT molecular complexity index is 672. The van der Waals surface area contributed by atoms with Gasteiger partial charge in [-0.1, -0.05) is 12.7 Å². The monoisotopic (exact) mass is 245 g/mol. The van der Waals surface area contributed by atoms with Crippen molar-refractivity contribution in [3.8, 4) is 0 Å². The van der Waals surface area contributed by atoms with E-state index < -0.39 is 11.6 Å². The summed E-state index contributed by atoms with van der Waals surface area (Å²) in [5.74, 6) is -0.785. The van der Waals surface area contributed by atoms with Crippen molar-refractivity contribution in [2.45, 2.75) is 6.92 Å². The van der Waals surface area contributed by atoms with Crippen LogP contribution in [0.5, 0.6) is 0 Å². The predicted octanol–water partition coefficient (Wildman–Crippen LogP) is 2.01. The summed E-state index contributed by atoms with van der Waals surface area (Å²) in [6, 6.07) is 1.47. The molecular formula is C13H11NO4. The lowest BCUT2D eigenvalue weighted by Gasteiger charge is -2.03. The van der Waals surface area contributed by atoms with Crippen LogP contribution >= 0.6 is 0 Å². The SMILES string of the molecule is C=Cc1cncc2c(=O)oc(C(=O)OCC)cc12. The van der Waals surface area contributed by atoms with E-state index in [9.17, 15) is 9.59 Å². The van der Waals surface area contributed by atoms with Crippen LogP contribution in [-0.4, -0.2) is 17.6 Å². The van der Waals surface area contributed by atoms with Gasteiger partial charge in [0, 0.05) is 23.3 Å². The van der Waals surface area contributed by atoms with Crippen LogP contribution in [0.2, 0.25) is 0 Å². The number of ether oxygens (including phenoxy) is 1. The van der Waals surface area contributed by atoms with Gasteiger partial charge in [0.05, 0.1) is 12.0 Å². The molecule has 2 heterocycles. The number of hydrogen-bond acceptors (Lipinski definition) is 5. The van der Waals surface area contributed by atoms with Crippen molar-refractivity contribution in [1.29, 1.82) is 0 Å². The molecule has 2 aromatic rings. The van der Waals surface area contributed by atoms with Gasteiger partial charge in [0.2, 0.25) is 5.76 Å². The molecule has 2 rings (SSSR count). The third-order valence-corrected chi connectivity index (χ3v) is 2.41. The second kappa shape index (κ2) is 4.83. The van der Waals surface area contributed by atoms with Gasteiger partial charge in [-0.3, -0.25) is 4.98 Å². The van der Waals surface area contributed by atoms with E-state index in [2.05, 4.69) is 11.6 Å². The molecule has 0 unspecified atom stereocenters. The lowest BCUT2D eigenvalue weighted by atomic mass is 10.1. The fraction of sp³-hybridized carbons (Fsp3) is 0.154. The Labute approximate surface area is 103 Å². The van der Waals surface area contributed by atoms with Crippen LogP contribution in [0, 0.1) is 0 Å². The number of carbonyl (C=O) groups is 1. The zero-order chi connectivity index (χ0) is 13.1. The molecular weight excluding hydrogens is 234 g/mol. The minimum absolute atomic E-state index is 0.122. The van der Waals surface area contributed by atoms with E-state index >= 15 is 0 Å². The van der Waals surface area contributed by atoms with Crippen molar-refractivity contribution in [3.05, 3.63) is 46.8 Å². The molecule has 2 aromatic heterocycles. The standard InChI is InChI=1S/C13H11NO4/c1-3-8-6-14-7-10-9(8)5-11(18-12(10)15)13(16)17-4-2/h3,5-7H,1,4H2,2H3. The molecule has 0 atom stereocenters. The maximum absolute atomic E-state index is 11.7. The summed E-state index contributed by atoms with van der Waals surface area (Å²) in [5.41, 5.74) is 0.0395. The second-order valence-electron chi connectivity index (χ2n) is 3.51. The molecule has 92 valence electrons. The quantitative estimate of drug-likeness (QED) is 0.773. The molecule has 18 heavy (non-hydrogen) atoms. The summed E-state index contributed by atoms with van der Waals surface area (Å²) in [5, 5.41) is 0.875. The van der Waals surface area contributed by atoms with Crippen molar-refractivity contribution in [2.24, 2.45) is 0 Å². The Morgan fingerprint density at radius 3 is 2.94 bits per heavy atom. The molecule has 0 bridgehead atoms. The van der Waals surface area contributed by atoms with E-state index in [-0.39, 0.29) is 12.4 Å². The topological polar surface area (TPSA) is 69.4 Å². The molecule has 0 spiro atoms. The number of fused-ring (bicyclic) bond motifs is 1. The molecule has 0 aliphatic carbocycles. The smallest absolute Gasteiger partial charge is 0.374 e. The number of carbonyl (C=O) groups excluding carboxylic acids is 1. The van der Waals surface area contributed by atoms with Gasteiger partial charge in [0.1, 0.15) is 0 Å². The van der Waals surface area contributed by atoms with Crippen LogP contribution < -0.4 is 5.63 Å². The van der Waals surface area contributed by atoms with Crippen molar-refractivity contribution in [3.63, 3.8) is 0 Å². The van der Waals surface area contributed by atoms with Gasteiger partial charge in [0.25, 0.3) is 0 Å². The Balaban J connectivity index is 2.70. The third-order valence-electron chi connectivity index (χ3n) is 2.41. The highest BCUT2D eigenvalue weighted by Gasteiger charge is 2.14. The van der Waals surface area contributed by atoms with E-state index in [1.54, 1.807) is 19.2 Å². The number of nitrogens with zero attached hydrogens (tertiary/aromatic N) is 1. The van der Waals surface area contributed by atoms with Crippen LogP contribution in [-0.2, 0) is 4.74 Å². The Hall–Kier alpha value is -2.43. The second-order valence-corrected chi connectivity index (χ2v) is 3.51. The highest BCUT2D eigenvalue weighted by molar-refractivity contribution is 5.94. The van der Waals surface area contributed by atoms with Crippen LogP contribution in [0.15, 0.2) is 34.3 Å². The molecule has 5 nitrogen and oxygen atoms in total. The third kappa shape index (κ3) is 2.02. The number of hydrogen-bond donors (Lipinski definition) is 0. The number of aromatic nitrogens is 1. The minimum Gasteiger partial charge on any atom is -0.460 e. The van der Waals surface area contributed by atoms with Crippen LogP contribution in [0.4, 0.5) is 0 Å². The minimum atomic E-state index is -0.664. The van der Waals surface area contributed by atoms with E-state index in [4.69, 9.17) is 9.15 Å². The Kier molecular flexibility index (Phi) is 3.23. The fourth-order valence-corrected chi connectivity index (χ4v) is 1.59. The van der Waals surface area contributed by atoms with Crippen LogP contribution in [0.3, 0.4) is 0 Å². The van der Waals surface area contributed by atoms with Gasteiger partial charge in [-0.2, -0.15) is 0 Å². The molecule has 0 fully saturated rings. The maximum atomic E-state index is 11.7. The van der Waals surface area contributed by atoms with Crippen LogP contribution in [0.25, 0.3) is 16.8 Å². The molecule has 0 aromatic carbocycles. The van der Waals surface area contributed by atoms with Gasteiger partial charge < -0.3 is 9.15 Å². The largest absolute Gasteiger partial charge is 0.460 e. The summed E-state index contributed by atoms with van der Waals surface area (Å²) in [6.07, 6.45) is 4.51. The van der Waals surface area contributed by atoms with E-state index in [1.807, 2.05) is 0 Å². The maximum Gasteiger partial charge on any atom is 0.374 e. The molecule has 0 aliphatic heterocycles. The lowest BCUT2D eigenvalue weighted by Crippen LogP contribution is -2.10. The molecule has 0 saturated carbocycles. The van der Waals surface area contributed by atoms with Crippen molar-refractivity contribution >= 4 is 22.8 Å². The summed E-state index contributed by atoms with van der Waals surface area (Å²) < 4.78 is 9.69. The molecule has 0 aliphatic rings. The first-order chi connectivity index (χ1) is 8.67. The zero-order valence-corrected chi connectivity index (χ0v) is 9.80. The molecule has 0 saturated heterocycles. The van der Waals surface area contributed by atoms with E-state index in [1.165, 1.54) is 12.3 Å². The first kappa shape index (κ1) is 12.0. The number of esters is 1. The summed E-state index contributed by atoms with van der Waals surface area (Å²) in [7, 11) is 0. The van der Waals surface area contributed by atoms with E-state index in [0.29, 0.717) is 16.3 Å². The summed E-state index contributed by atoms with van der Waals surface area (Å²) in [6.45, 7) is 5.52. The van der Waals surface area contributed by atoms with Crippen molar-refractivity contribution in [2.75, 3.05) is 6.61 Å². The fourth-order valence-electron chi connectivity index (χ4n) is 1.59. The van der Waals surface area contributed by atoms with Gasteiger partial charge in [0.15, 0.2) is 0 Å². The van der Waals surface area contributed by atoms with Crippen molar-refractivity contribution in [1.82, 2.24) is 4.98 Å². The average Bonchev–Trinajstić information content (AvgIpc) is 2.38. The van der Waals surface area contributed by atoms with Gasteiger partial charge in [-0.25, -0.2) is 9.59 Å². The Morgan fingerprint density at radius 2 is 2.28 bits per heavy atom. The molecule has 0 radical (unpaired) electrons. The highest BCUT2D eigenvalue weighted by Crippen LogP contribution is 2.17. The molecule has 5 heteroatoms. The molecule has 0 amide bonds. The van der Waals surface area contributed by atoms with Gasteiger partial charge in [-0.15, -0.1) is 0 Å². The van der Waals surface area contributed by atoms with Crippen LogP contribution in [0.1, 0.15) is 23.0 Å². The lowest BCUT2D eigenvalue weighted by molar-refractivity contribution is 0.0485. The summed E-state index contributed by atoms with van der Waals surface area (Å²) in [4.78, 5) is 27.2. The summed E-state index contributed by atoms with van der Waals surface area (Å²) >= 11 is 0. The average molecular weight is 245 g/mol. The highest BCUT2D eigenvalue weighted by atomic mass is 16.5. The predicted molar refractivity (Wildman–Crippen MR) is 66.3 cm³/mol. The first-order valence-electron chi connectivity index (χ1n) is 5.38. The first-order valence-corrected chi connectivity index (χ1v) is 5.38.